The normalized spacial score (nSPS) is 8.62. The minimum atomic E-state index is -1.23. The van der Waals surface area contributed by atoms with Crippen molar-refractivity contribution >= 4 is 35.9 Å². The highest BCUT2D eigenvalue weighted by molar-refractivity contribution is 14.0. The fourth-order valence-corrected chi connectivity index (χ4v) is 0.856. The van der Waals surface area contributed by atoms with Crippen LogP contribution in [0.2, 0.25) is 0 Å². The first-order valence-electron chi connectivity index (χ1n) is 3.18. The van der Waals surface area contributed by atoms with Crippen molar-refractivity contribution in [3.63, 3.8) is 0 Å². The molecule has 0 heterocycles. The average Bonchev–Trinajstić information content (AvgIpc) is 2.04. The number of halogens is 1. The molecule has 0 aliphatic heterocycles. The molecule has 0 radical (unpaired) electrons. The van der Waals surface area contributed by atoms with E-state index in [0.29, 0.717) is 0 Å². The maximum atomic E-state index is 10.5. The summed E-state index contributed by atoms with van der Waals surface area (Å²) in [5.41, 5.74) is -0.380. The van der Waals surface area contributed by atoms with Crippen molar-refractivity contribution in [2.24, 2.45) is 0 Å². The Morgan fingerprint density at radius 1 is 0.923 bits per heavy atom. The van der Waals surface area contributed by atoms with Crippen LogP contribution in [0.5, 0.6) is 0 Å². The van der Waals surface area contributed by atoms with Gasteiger partial charge >= 0.3 is 11.9 Å². The smallest absolute Gasteiger partial charge is 0.336 e. The van der Waals surface area contributed by atoms with Crippen LogP contribution in [0.25, 0.3) is 0 Å². The lowest BCUT2D eigenvalue weighted by molar-refractivity contribution is 0.0651. The zero-order valence-corrected chi connectivity index (χ0v) is 8.76. The summed E-state index contributed by atoms with van der Waals surface area (Å²) in [6.45, 7) is 0. The fourth-order valence-electron chi connectivity index (χ4n) is 0.856. The SMILES string of the molecule is I.O=C(O)c1ccccc1C(=O)O. The standard InChI is InChI=1S/C8H6O4.HI/c9-7(10)5-3-1-2-4-6(5)8(11)12;/h1-4H,(H,9,10)(H,11,12);1H. The van der Waals surface area contributed by atoms with Crippen molar-refractivity contribution in [1.29, 1.82) is 0 Å². The summed E-state index contributed by atoms with van der Waals surface area (Å²) in [4.78, 5) is 20.9. The summed E-state index contributed by atoms with van der Waals surface area (Å²) in [6.07, 6.45) is 0. The number of benzene rings is 1. The van der Waals surface area contributed by atoms with E-state index in [2.05, 4.69) is 0 Å². The fraction of sp³-hybridized carbons (Fsp3) is 0. The second kappa shape index (κ2) is 4.80. The van der Waals surface area contributed by atoms with Gasteiger partial charge in [0.25, 0.3) is 0 Å². The summed E-state index contributed by atoms with van der Waals surface area (Å²) in [6, 6.07) is 5.48. The second-order valence-corrected chi connectivity index (χ2v) is 2.16. The minimum Gasteiger partial charge on any atom is -0.478 e. The van der Waals surface area contributed by atoms with Crippen molar-refractivity contribution in [3.8, 4) is 0 Å². The van der Waals surface area contributed by atoms with Gasteiger partial charge < -0.3 is 10.2 Å². The highest BCUT2D eigenvalue weighted by Crippen LogP contribution is 2.07. The third-order valence-electron chi connectivity index (χ3n) is 1.39. The van der Waals surface area contributed by atoms with Crippen LogP contribution in [0.4, 0.5) is 0 Å². The lowest BCUT2D eigenvalue weighted by Crippen LogP contribution is -2.06. The molecule has 1 rings (SSSR count). The van der Waals surface area contributed by atoms with Crippen molar-refractivity contribution in [3.05, 3.63) is 35.4 Å². The van der Waals surface area contributed by atoms with Crippen LogP contribution in [0.15, 0.2) is 24.3 Å². The predicted octanol–water partition coefficient (Wildman–Crippen LogP) is 1.70. The molecule has 0 fully saturated rings. The van der Waals surface area contributed by atoms with E-state index in [4.69, 9.17) is 10.2 Å². The second-order valence-electron chi connectivity index (χ2n) is 2.16. The highest BCUT2D eigenvalue weighted by atomic mass is 127. The molecular weight excluding hydrogens is 287 g/mol. The zero-order valence-electron chi connectivity index (χ0n) is 6.43. The van der Waals surface area contributed by atoms with Crippen molar-refractivity contribution in [2.45, 2.75) is 0 Å². The average molecular weight is 294 g/mol. The molecule has 0 aliphatic rings. The lowest BCUT2D eigenvalue weighted by atomic mass is 10.1. The van der Waals surface area contributed by atoms with Crippen LogP contribution in [0, 0.1) is 0 Å². The summed E-state index contributed by atoms with van der Waals surface area (Å²) in [7, 11) is 0. The number of aromatic carboxylic acids is 2. The summed E-state index contributed by atoms with van der Waals surface area (Å²) < 4.78 is 0. The molecule has 0 bridgehead atoms. The van der Waals surface area contributed by atoms with Gasteiger partial charge in [0.15, 0.2) is 0 Å². The Bertz CT molecular complexity index is 302. The first-order valence-corrected chi connectivity index (χ1v) is 3.18. The number of hydrogen-bond donors (Lipinski definition) is 2. The molecular formula is C8H7IO4. The number of rotatable bonds is 2. The summed E-state index contributed by atoms with van der Waals surface area (Å²) in [5.74, 6) is -2.46. The van der Waals surface area contributed by atoms with E-state index in [1.54, 1.807) is 0 Å². The van der Waals surface area contributed by atoms with Gasteiger partial charge in [-0.05, 0) is 12.1 Å². The highest BCUT2D eigenvalue weighted by Gasteiger charge is 2.13. The Morgan fingerprint density at radius 2 is 1.23 bits per heavy atom. The van der Waals surface area contributed by atoms with Gasteiger partial charge in [0, 0.05) is 0 Å². The Morgan fingerprint density at radius 3 is 1.46 bits per heavy atom. The van der Waals surface area contributed by atoms with Gasteiger partial charge in [-0.2, -0.15) is 0 Å². The predicted molar refractivity (Wildman–Crippen MR) is 55.8 cm³/mol. The van der Waals surface area contributed by atoms with Gasteiger partial charge in [-0.15, -0.1) is 24.0 Å². The molecule has 70 valence electrons. The quantitative estimate of drug-likeness (QED) is 0.814. The summed E-state index contributed by atoms with van der Waals surface area (Å²) >= 11 is 0. The van der Waals surface area contributed by atoms with Crippen LogP contribution < -0.4 is 0 Å². The van der Waals surface area contributed by atoms with Crippen molar-refractivity contribution in [1.82, 2.24) is 0 Å². The molecule has 0 saturated heterocycles. The van der Waals surface area contributed by atoms with Crippen molar-refractivity contribution in [2.75, 3.05) is 0 Å². The molecule has 0 atom stereocenters. The van der Waals surface area contributed by atoms with Crippen LogP contribution in [0.1, 0.15) is 20.7 Å². The van der Waals surface area contributed by atoms with Gasteiger partial charge in [0.05, 0.1) is 11.1 Å². The van der Waals surface area contributed by atoms with E-state index < -0.39 is 11.9 Å². The molecule has 13 heavy (non-hydrogen) atoms. The van der Waals surface area contributed by atoms with E-state index in [9.17, 15) is 9.59 Å². The maximum Gasteiger partial charge on any atom is 0.336 e. The molecule has 0 aromatic heterocycles. The lowest BCUT2D eigenvalue weighted by Gasteiger charge is -1.98. The number of carboxylic acids is 2. The first-order chi connectivity index (χ1) is 5.63. The third kappa shape index (κ3) is 2.69. The van der Waals surface area contributed by atoms with Gasteiger partial charge in [-0.1, -0.05) is 12.1 Å². The van der Waals surface area contributed by atoms with E-state index in [-0.39, 0.29) is 35.1 Å². The molecule has 1 aromatic carbocycles. The Kier molecular flexibility index (Phi) is 4.39. The Hall–Kier alpha value is -1.11. The molecule has 1 aromatic rings. The van der Waals surface area contributed by atoms with Crippen LogP contribution in [0.3, 0.4) is 0 Å². The molecule has 2 N–H and O–H groups in total. The van der Waals surface area contributed by atoms with Gasteiger partial charge in [0.2, 0.25) is 0 Å². The van der Waals surface area contributed by atoms with Crippen molar-refractivity contribution < 1.29 is 19.8 Å². The Balaban J connectivity index is 0.00000144. The Labute approximate surface area is 91.2 Å². The molecule has 0 amide bonds. The third-order valence-corrected chi connectivity index (χ3v) is 1.39. The monoisotopic (exact) mass is 294 g/mol. The molecule has 0 spiro atoms. The minimum absolute atomic E-state index is 0. The molecule has 0 saturated carbocycles. The molecule has 4 nitrogen and oxygen atoms in total. The summed E-state index contributed by atoms with van der Waals surface area (Å²) in [5, 5.41) is 17.1. The van der Waals surface area contributed by atoms with E-state index in [1.165, 1.54) is 24.3 Å². The first kappa shape index (κ1) is 11.9. The number of carboxylic acid groups (broad SMARTS) is 2. The van der Waals surface area contributed by atoms with E-state index >= 15 is 0 Å². The molecule has 0 aliphatic carbocycles. The zero-order chi connectivity index (χ0) is 9.14. The van der Waals surface area contributed by atoms with Gasteiger partial charge in [-0.3, -0.25) is 0 Å². The van der Waals surface area contributed by atoms with E-state index in [0.717, 1.165) is 0 Å². The van der Waals surface area contributed by atoms with Crippen LogP contribution >= 0.6 is 24.0 Å². The largest absolute Gasteiger partial charge is 0.478 e. The van der Waals surface area contributed by atoms with Crippen LogP contribution in [-0.2, 0) is 0 Å². The van der Waals surface area contributed by atoms with Gasteiger partial charge in [-0.25, -0.2) is 9.59 Å². The molecule has 5 heteroatoms. The molecule has 0 unspecified atom stereocenters. The topological polar surface area (TPSA) is 74.6 Å². The van der Waals surface area contributed by atoms with E-state index in [1.807, 2.05) is 0 Å². The number of carbonyl (C=O) groups is 2. The van der Waals surface area contributed by atoms with Crippen LogP contribution in [-0.4, -0.2) is 22.2 Å². The number of hydrogen-bond acceptors (Lipinski definition) is 2. The maximum absolute atomic E-state index is 10.5. The van der Waals surface area contributed by atoms with Gasteiger partial charge in [0.1, 0.15) is 0 Å².